The molecule has 42 heavy (non-hydrogen) atoms. The number of carbonyl (C=O) groups is 1. The zero-order valence-electron chi connectivity index (χ0n) is 25.8. The molecule has 1 unspecified atom stereocenters. The molecule has 2 N–H and O–H groups in total. The number of rotatable bonds is 12. The first-order valence-electron chi connectivity index (χ1n) is 15.8. The number of primary amides is 1. The highest BCUT2D eigenvalue weighted by Gasteiger charge is 2.29. The third-order valence-electron chi connectivity index (χ3n) is 9.36. The number of methoxy groups -OCH3 is 1. The summed E-state index contributed by atoms with van der Waals surface area (Å²) in [5.41, 5.74) is 8.72. The predicted molar refractivity (Wildman–Crippen MR) is 172 cm³/mol. The molecule has 0 saturated carbocycles. The molecule has 5 rings (SSSR count). The van der Waals surface area contributed by atoms with Crippen molar-refractivity contribution in [2.24, 2.45) is 5.73 Å². The summed E-state index contributed by atoms with van der Waals surface area (Å²) < 4.78 is 5.71. The molecule has 2 fully saturated rings. The van der Waals surface area contributed by atoms with Crippen LogP contribution in [-0.4, -0.2) is 104 Å². The maximum atomic E-state index is 11.7. The van der Waals surface area contributed by atoms with Gasteiger partial charge in [0, 0.05) is 82.1 Å². The number of aryl methyl sites for hydroxylation is 1. The van der Waals surface area contributed by atoms with Crippen LogP contribution in [0.1, 0.15) is 54.2 Å². The highest BCUT2D eigenvalue weighted by atomic mass is 16.5. The standard InChI is InChI=1S/C35H49N5O2/c1-27(2)39-22-24-40(25-23-39)33(29-11-13-30(14-12-29)35(36)41)26-38-20-18-37(19-21-38)17-7-6-10-32-31-9-5-4-8-28(31)15-16-34(32)42-3/h4-5,8-9,11-16,27,33H,6-7,10,17-26H2,1-3H3,(H2,36,41). The van der Waals surface area contributed by atoms with Gasteiger partial charge >= 0.3 is 0 Å². The van der Waals surface area contributed by atoms with E-state index >= 15 is 0 Å². The number of benzene rings is 3. The number of fused-ring (bicyclic) bond motifs is 1. The van der Waals surface area contributed by atoms with E-state index in [0.717, 1.165) is 84.0 Å². The lowest BCUT2D eigenvalue weighted by Gasteiger charge is -2.43. The highest BCUT2D eigenvalue weighted by Crippen LogP contribution is 2.30. The van der Waals surface area contributed by atoms with E-state index in [1.54, 1.807) is 7.11 Å². The SMILES string of the molecule is COc1ccc2ccccc2c1CCCCN1CCN(CC(c2ccc(C(N)=O)cc2)N2CCN(C(C)C)CC2)CC1. The Balaban J connectivity index is 1.13. The van der Waals surface area contributed by atoms with Crippen LogP contribution in [0, 0.1) is 0 Å². The number of ether oxygens (including phenoxy) is 1. The lowest BCUT2D eigenvalue weighted by molar-refractivity contribution is 0.0480. The van der Waals surface area contributed by atoms with E-state index in [1.807, 2.05) is 12.1 Å². The van der Waals surface area contributed by atoms with Crippen molar-refractivity contribution in [1.82, 2.24) is 19.6 Å². The van der Waals surface area contributed by atoms with Gasteiger partial charge in [0.15, 0.2) is 0 Å². The average molecular weight is 572 g/mol. The van der Waals surface area contributed by atoms with Crippen molar-refractivity contribution in [3.63, 3.8) is 0 Å². The fraction of sp³-hybridized carbons (Fsp3) is 0.514. The minimum atomic E-state index is -0.365. The average Bonchev–Trinajstić information content (AvgIpc) is 3.02. The molecule has 0 spiro atoms. The Kier molecular flexibility index (Phi) is 10.5. The fourth-order valence-corrected chi connectivity index (χ4v) is 6.71. The van der Waals surface area contributed by atoms with Crippen molar-refractivity contribution in [2.45, 2.75) is 45.2 Å². The molecule has 0 aromatic heterocycles. The summed E-state index contributed by atoms with van der Waals surface area (Å²) in [5, 5.41) is 2.60. The van der Waals surface area contributed by atoms with Crippen molar-refractivity contribution in [3.8, 4) is 5.75 Å². The Morgan fingerprint density at radius 1 is 0.810 bits per heavy atom. The third-order valence-corrected chi connectivity index (χ3v) is 9.36. The van der Waals surface area contributed by atoms with E-state index in [4.69, 9.17) is 10.5 Å². The Morgan fingerprint density at radius 3 is 2.14 bits per heavy atom. The van der Waals surface area contributed by atoms with Gasteiger partial charge in [0.25, 0.3) is 0 Å². The van der Waals surface area contributed by atoms with E-state index < -0.39 is 0 Å². The molecule has 0 bridgehead atoms. The van der Waals surface area contributed by atoms with Crippen molar-refractivity contribution in [3.05, 3.63) is 77.4 Å². The predicted octanol–water partition coefficient (Wildman–Crippen LogP) is 4.65. The molecule has 2 aliphatic heterocycles. The number of amides is 1. The monoisotopic (exact) mass is 571 g/mol. The van der Waals surface area contributed by atoms with E-state index in [9.17, 15) is 4.79 Å². The summed E-state index contributed by atoms with van der Waals surface area (Å²) in [6, 6.07) is 21.8. The molecule has 7 nitrogen and oxygen atoms in total. The van der Waals surface area contributed by atoms with Crippen LogP contribution in [0.15, 0.2) is 60.7 Å². The molecule has 0 aliphatic carbocycles. The molecule has 0 radical (unpaired) electrons. The van der Waals surface area contributed by atoms with Gasteiger partial charge in [-0.1, -0.05) is 42.5 Å². The second-order valence-electron chi connectivity index (χ2n) is 12.2. The number of unbranched alkanes of at least 4 members (excludes halogenated alkanes) is 1. The molecular weight excluding hydrogens is 522 g/mol. The molecule has 2 saturated heterocycles. The topological polar surface area (TPSA) is 65.3 Å². The fourth-order valence-electron chi connectivity index (χ4n) is 6.71. The minimum absolute atomic E-state index is 0.323. The second-order valence-corrected chi connectivity index (χ2v) is 12.2. The quantitative estimate of drug-likeness (QED) is 0.319. The van der Waals surface area contributed by atoms with Gasteiger partial charge in [0.05, 0.1) is 7.11 Å². The van der Waals surface area contributed by atoms with Crippen molar-refractivity contribution >= 4 is 16.7 Å². The number of hydrogen-bond acceptors (Lipinski definition) is 6. The smallest absolute Gasteiger partial charge is 0.248 e. The van der Waals surface area contributed by atoms with Gasteiger partial charge < -0.3 is 15.4 Å². The summed E-state index contributed by atoms with van der Waals surface area (Å²) in [7, 11) is 1.78. The number of piperazine rings is 2. The largest absolute Gasteiger partial charge is 0.496 e. The molecule has 226 valence electrons. The maximum absolute atomic E-state index is 11.7. The summed E-state index contributed by atoms with van der Waals surface area (Å²) >= 11 is 0. The van der Waals surface area contributed by atoms with Crippen LogP contribution in [0.4, 0.5) is 0 Å². The molecule has 2 heterocycles. The first kappa shape index (κ1) is 30.5. The summed E-state index contributed by atoms with van der Waals surface area (Å²) in [6.45, 7) is 15.5. The van der Waals surface area contributed by atoms with Crippen LogP contribution >= 0.6 is 0 Å². The van der Waals surface area contributed by atoms with Gasteiger partial charge in [-0.3, -0.25) is 19.5 Å². The number of carbonyl (C=O) groups excluding carboxylic acids is 1. The molecular formula is C35H49N5O2. The van der Waals surface area contributed by atoms with Crippen LogP contribution in [0.3, 0.4) is 0 Å². The van der Waals surface area contributed by atoms with Crippen molar-refractivity contribution < 1.29 is 9.53 Å². The van der Waals surface area contributed by atoms with Crippen LogP contribution in [0.25, 0.3) is 10.8 Å². The summed E-state index contributed by atoms with van der Waals surface area (Å²) in [5.74, 6) is 0.641. The molecule has 7 heteroatoms. The second kappa shape index (κ2) is 14.5. The van der Waals surface area contributed by atoms with Gasteiger partial charge in [-0.2, -0.15) is 0 Å². The summed E-state index contributed by atoms with van der Waals surface area (Å²) in [4.78, 5) is 22.2. The summed E-state index contributed by atoms with van der Waals surface area (Å²) in [6.07, 6.45) is 3.41. The van der Waals surface area contributed by atoms with Gasteiger partial charge in [-0.05, 0) is 74.2 Å². The number of nitrogens with zero attached hydrogens (tertiary/aromatic N) is 4. The number of hydrogen-bond donors (Lipinski definition) is 1. The minimum Gasteiger partial charge on any atom is -0.496 e. The lowest BCUT2D eigenvalue weighted by Crippen LogP contribution is -2.53. The van der Waals surface area contributed by atoms with Crippen LogP contribution in [-0.2, 0) is 6.42 Å². The van der Waals surface area contributed by atoms with Gasteiger partial charge in [-0.25, -0.2) is 0 Å². The Hall–Kier alpha value is -2.97. The Morgan fingerprint density at radius 2 is 1.48 bits per heavy atom. The normalized spacial score (nSPS) is 18.5. The van der Waals surface area contributed by atoms with Gasteiger partial charge in [0.2, 0.25) is 5.91 Å². The maximum Gasteiger partial charge on any atom is 0.248 e. The Labute approximate surface area is 252 Å². The zero-order valence-corrected chi connectivity index (χ0v) is 25.8. The number of nitrogens with two attached hydrogens (primary N) is 1. The van der Waals surface area contributed by atoms with E-state index in [-0.39, 0.29) is 5.91 Å². The van der Waals surface area contributed by atoms with Gasteiger partial charge in [-0.15, -0.1) is 0 Å². The third kappa shape index (κ3) is 7.51. The Bertz CT molecular complexity index is 1290. The molecule has 3 aromatic carbocycles. The molecule has 1 amide bonds. The molecule has 1 atom stereocenters. The van der Waals surface area contributed by atoms with Crippen molar-refractivity contribution in [1.29, 1.82) is 0 Å². The van der Waals surface area contributed by atoms with Crippen LogP contribution < -0.4 is 10.5 Å². The first-order chi connectivity index (χ1) is 20.4. The molecule has 3 aromatic rings. The lowest BCUT2D eigenvalue weighted by atomic mass is 9.99. The zero-order chi connectivity index (χ0) is 29.5. The van der Waals surface area contributed by atoms with E-state index in [1.165, 1.54) is 28.3 Å². The molecule has 2 aliphatic rings. The van der Waals surface area contributed by atoms with E-state index in [2.05, 4.69) is 82.0 Å². The van der Waals surface area contributed by atoms with Crippen LogP contribution in [0.5, 0.6) is 5.75 Å². The van der Waals surface area contributed by atoms with Gasteiger partial charge in [0.1, 0.15) is 5.75 Å². The van der Waals surface area contributed by atoms with E-state index in [0.29, 0.717) is 17.6 Å². The highest BCUT2D eigenvalue weighted by molar-refractivity contribution is 5.92. The van der Waals surface area contributed by atoms with Crippen molar-refractivity contribution in [2.75, 3.05) is 72.6 Å². The van der Waals surface area contributed by atoms with Crippen LogP contribution in [0.2, 0.25) is 0 Å². The first-order valence-corrected chi connectivity index (χ1v) is 15.8.